The van der Waals surface area contributed by atoms with Crippen molar-refractivity contribution in [2.45, 2.75) is 38.7 Å². The maximum atomic E-state index is 12.8. The highest BCUT2D eigenvalue weighted by molar-refractivity contribution is 5.90. The lowest BCUT2D eigenvalue weighted by Crippen LogP contribution is -2.39. The van der Waals surface area contributed by atoms with Crippen LogP contribution in [0.3, 0.4) is 0 Å². The topological polar surface area (TPSA) is 82.6 Å². The molecule has 25 heavy (non-hydrogen) atoms. The van der Waals surface area contributed by atoms with E-state index in [-0.39, 0.29) is 31.4 Å². The SMILES string of the molecule is Cc1cccc2c(CC(=O)N(CCC(=O)O)C[C@@H]3CCCO3)c[nH]c12. The van der Waals surface area contributed by atoms with Gasteiger partial charge >= 0.3 is 5.97 Å². The van der Waals surface area contributed by atoms with Crippen LogP contribution in [0.15, 0.2) is 24.4 Å². The molecule has 0 saturated carbocycles. The van der Waals surface area contributed by atoms with E-state index in [0.717, 1.165) is 34.9 Å². The molecule has 0 unspecified atom stereocenters. The number of H-pyrrole nitrogens is 1. The smallest absolute Gasteiger partial charge is 0.305 e. The first kappa shape index (κ1) is 17.5. The van der Waals surface area contributed by atoms with Crippen molar-refractivity contribution in [3.8, 4) is 0 Å². The Balaban J connectivity index is 1.73. The van der Waals surface area contributed by atoms with Crippen molar-refractivity contribution >= 4 is 22.8 Å². The lowest BCUT2D eigenvalue weighted by molar-refractivity contribution is -0.139. The summed E-state index contributed by atoms with van der Waals surface area (Å²) in [6.07, 6.45) is 4.01. The number of carbonyl (C=O) groups is 2. The largest absolute Gasteiger partial charge is 0.481 e. The van der Waals surface area contributed by atoms with E-state index >= 15 is 0 Å². The number of nitrogens with zero attached hydrogens (tertiary/aromatic N) is 1. The van der Waals surface area contributed by atoms with E-state index in [0.29, 0.717) is 13.2 Å². The van der Waals surface area contributed by atoms with Crippen molar-refractivity contribution in [3.63, 3.8) is 0 Å². The molecule has 1 aromatic heterocycles. The summed E-state index contributed by atoms with van der Waals surface area (Å²) in [5.74, 6) is -0.952. The molecule has 0 bridgehead atoms. The van der Waals surface area contributed by atoms with Crippen LogP contribution in [0, 0.1) is 6.92 Å². The minimum Gasteiger partial charge on any atom is -0.481 e. The average molecular weight is 344 g/mol. The van der Waals surface area contributed by atoms with E-state index in [4.69, 9.17) is 9.84 Å². The van der Waals surface area contributed by atoms with Crippen molar-refractivity contribution < 1.29 is 19.4 Å². The Morgan fingerprint density at radius 3 is 2.96 bits per heavy atom. The number of rotatable bonds is 7. The fraction of sp³-hybridized carbons (Fsp3) is 0.474. The molecule has 6 heteroatoms. The molecule has 0 aliphatic carbocycles. The number of hydrogen-bond donors (Lipinski definition) is 2. The van der Waals surface area contributed by atoms with Crippen LogP contribution in [0.4, 0.5) is 0 Å². The van der Waals surface area contributed by atoms with Crippen LogP contribution < -0.4 is 0 Å². The van der Waals surface area contributed by atoms with Crippen molar-refractivity contribution in [1.82, 2.24) is 9.88 Å². The summed E-state index contributed by atoms with van der Waals surface area (Å²) in [7, 11) is 0. The summed E-state index contributed by atoms with van der Waals surface area (Å²) >= 11 is 0. The Labute approximate surface area is 146 Å². The second-order valence-electron chi connectivity index (χ2n) is 6.61. The van der Waals surface area contributed by atoms with Gasteiger partial charge in [0.2, 0.25) is 5.91 Å². The van der Waals surface area contributed by atoms with Gasteiger partial charge in [-0.05, 0) is 30.9 Å². The first-order valence-electron chi connectivity index (χ1n) is 8.71. The zero-order valence-electron chi connectivity index (χ0n) is 14.5. The van der Waals surface area contributed by atoms with Gasteiger partial charge in [-0.25, -0.2) is 0 Å². The van der Waals surface area contributed by atoms with E-state index in [9.17, 15) is 9.59 Å². The van der Waals surface area contributed by atoms with E-state index < -0.39 is 5.97 Å². The van der Waals surface area contributed by atoms with E-state index in [2.05, 4.69) is 4.98 Å². The fourth-order valence-electron chi connectivity index (χ4n) is 3.37. The average Bonchev–Trinajstić information content (AvgIpc) is 3.22. The summed E-state index contributed by atoms with van der Waals surface area (Å²) in [4.78, 5) is 28.6. The van der Waals surface area contributed by atoms with Gasteiger partial charge in [0.1, 0.15) is 0 Å². The Hall–Kier alpha value is -2.34. The highest BCUT2D eigenvalue weighted by atomic mass is 16.5. The fourth-order valence-corrected chi connectivity index (χ4v) is 3.37. The number of aromatic nitrogens is 1. The predicted molar refractivity (Wildman–Crippen MR) is 94.5 cm³/mol. The predicted octanol–water partition coefficient (Wildman–Crippen LogP) is 2.50. The van der Waals surface area contributed by atoms with E-state index in [1.165, 1.54) is 0 Å². The van der Waals surface area contributed by atoms with Gasteiger partial charge in [-0.2, -0.15) is 0 Å². The van der Waals surface area contributed by atoms with Gasteiger partial charge in [-0.15, -0.1) is 0 Å². The van der Waals surface area contributed by atoms with Crippen LogP contribution in [0.25, 0.3) is 10.9 Å². The minimum absolute atomic E-state index is 0.0166. The Bertz CT molecular complexity index is 762. The number of aliphatic carboxylic acids is 1. The van der Waals surface area contributed by atoms with Crippen LogP contribution in [-0.2, 0) is 20.7 Å². The molecule has 3 rings (SSSR count). The molecule has 1 amide bonds. The Morgan fingerprint density at radius 2 is 2.24 bits per heavy atom. The molecule has 2 aromatic rings. The van der Waals surface area contributed by atoms with Crippen molar-refractivity contribution in [2.24, 2.45) is 0 Å². The zero-order valence-corrected chi connectivity index (χ0v) is 14.5. The molecule has 6 nitrogen and oxygen atoms in total. The summed E-state index contributed by atoms with van der Waals surface area (Å²) in [6, 6.07) is 6.01. The van der Waals surface area contributed by atoms with Crippen molar-refractivity contribution in [2.75, 3.05) is 19.7 Å². The van der Waals surface area contributed by atoms with Crippen LogP contribution >= 0.6 is 0 Å². The second kappa shape index (κ2) is 7.70. The van der Waals surface area contributed by atoms with E-state index in [1.807, 2.05) is 31.3 Å². The number of carbonyl (C=O) groups excluding carboxylic acids is 1. The number of para-hydroxylation sites is 1. The maximum Gasteiger partial charge on any atom is 0.305 e. The lowest BCUT2D eigenvalue weighted by atomic mass is 10.1. The van der Waals surface area contributed by atoms with Gasteiger partial charge in [0.15, 0.2) is 0 Å². The first-order chi connectivity index (χ1) is 12.0. The number of aryl methyl sites for hydroxylation is 1. The number of nitrogens with one attached hydrogen (secondary N) is 1. The highest BCUT2D eigenvalue weighted by Gasteiger charge is 2.23. The maximum absolute atomic E-state index is 12.8. The number of ether oxygens (including phenoxy) is 1. The second-order valence-corrected chi connectivity index (χ2v) is 6.61. The van der Waals surface area contributed by atoms with Gasteiger partial charge in [0.25, 0.3) is 0 Å². The molecule has 1 aliphatic heterocycles. The van der Waals surface area contributed by atoms with Crippen molar-refractivity contribution in [3.05, 3.63) is 35.5 Å². The number of carboxylic acids is 1. The quantitative estimate of drug-likeness (QED) is 0.808. The van der Waals surface area contributed by atoms with E-state index in [1.54, 1.807) is 4.90 Å². The third-order valence-corrected chi connectivity index (χ3v) is 4.75. The molecule has 1 aromatic carbocycles. The molecule has 1 atom stereocenters. The van der Waals surface area contributed by atoms with Gasteiger partial charge in [0.05, 0.1) is 18.9 Å². The Kier molecular flexibility index (Phi) is 5.38. The molecule has 1 fully saturated rings. The number of carboxylic acid groups (broad SMARTS) is 1. The lowest BCUT2D eigenvalue weighted by Gasteiger charge is -2.25. The third kappa shape index (κ3) is 4.20. The number of benzene rings is 1. The van der Waals surface area contributed by atoms with Gasteiger partial charge < -0.3 is 19.7 Å². The number of amides is 1. The number of aromatic amines is 1. The summed E-state index contributed by atoms with van der Waals surface area (Å²) in [6.45, 7) is 3.43. The van der Waals surface area contributed by atoms with Crippen molar-refractivity contribution in [1.29, 1.82) is 0 Å². The molecule has 1 aliphatic rings. The van der Waals surface area contributed by atoms with Crippen LogP contribution in [0.1, 0.15) is 30.4 Å². The number of hydrogen-bond acceptors (Lipinski definition) is 3. The normalized spacial score (nSPS) is 17.1. The molecule has 134 valence electrons. The molecule has 0 spiro atoms. The monoisotopic (exact) mass is 344 g/mol. The number of fused-ring (bicyclic) bond motifs is 1. The third-order valence-electron chi connectivity index (χ3n) is 4.75. The standard InChI is InChI=1S/C19H24N2O4/c1-13-4-2-6-16-14(11-20-19(13)16)10-17(22)21(8-7-18(23)24)12-15-5-3-9-25-15/h2,4,6,11,15,20H,3,5,7-10,12H2,1H3,(H,23,24)/t15-/m0/s1. The van der Waals surface area contributed by atoms with Gasteiger partial charge in [-0.3, -0.25) is 9.59 Å². The molecule has 2 N–H and O–H groups in total. The molecule has 2 heterocycles. The summed E-state index contributed by atoms with van der Waals surface area (Å²) < 4.78 is 5.61. The highest BCUT2D eigenvalue weighted by Crippen LogP contribution is 2.22. The Morgan fingerprint density at radius 1 is 1.40 bits per heavy atom. The summed E-state index contributed by atoms with van der Waals surface area (Å²) in [5.41, 5.74) is 3.12. The van der Waals surface area contributed by atoms with Gasteiger partial charge in [-0.1, -0.05) is 18.2 Å². The van der Waals surface area contributed by atoms with Crippen LogP contribution in [0.2, 0.25) is 0 Å². The van der Waals surface area contributed by atoms with Gasteiger partial charge in [0, 0.05) is 36.8 Å². The molecular weight excluding hydrogens is 320 g/mol. The minimum atomic E-state index is -0.896. The molecule has 1 saturated heterocycles. The molecule has 0 radical (unpaired) electrons. The van der Waals surface area contributed by atoms with Crippen LogP contribution in [0.5, 0.6) is 0 Å². The summed E-state index contributed by atoms with van der Waals surface area (Å²) in [5, 5.41) is 10.0. The van der Waals surface area contributed by atoms with Crippen LogP contribution in [-0.4, -0.2) is 52.7 Å². The molecular formula is C19H24N2O4. The first-order valence-corrected chi connectivity index (χ1v) is 8.71. The zero-order chi connectivity index (χ0) is 17.8.